The van der Waals surface area contributed by atoms with Crippen LogP contribution in [0.4, 0.5) is 4.39 Å². The van der Waals surface area contributed by atoms with E-state index >= 15 is 4.39 Å². The van der Waals surface area contributed by atoms with Gasteiger partial charge in [0.15, 0.2) is 5.78 Å². The van der Waals surface area contributed by atoms with Crippen LogP contribution in [0.5, 0.6) is 0 Å². The van der Waals surface area contributed by atoms with Gasteiger partial charge < -0.3 is 24.6 Å². The van der Waals surface area contributed by atoms with E-state index in [1.165, 1.54) is 12.8 Å². The Morgan fingerprint density at radius 2 is 1.89 bits per heavy atom. The van der Waals surface area contributed by atoms with Crippen LogP contribution in [0.15, 0.2) is 11.8 Å². The van der Waals surface area contributed by atoms with Gasteiger partial charge in [-0.15, -0.1) is 11.6 Å². The number of hydrogen-bond donors (Lipinski definition) is 1. The third-order valence-corrected chi connectivity index (χ3v) is 9.59. The van der Waals surface area contributed by atoms with Gasteiger partial charge in [0, 0.05) is 43.7 Å². The van der Waals surface area contributed by atoms with E-state index in [0.29, 0.717) is 39.3 Å². The Hall–Kier alpha value is -1.26. The molecule has 0 spiro atoms. The summed E-state index contributed by atoms with van der Waals surface area (Å²) in [5.74, 6) is -1.16. The van der Waals surface area contributed by atoms with Crippen molar-refractivity contribution in [2.75, 3.05) is 52.5 Å². The highest BCUT2D eigenvalue weighted by Crippen LogP contribution is 2.47. The fraction of sp³-hybridized carbons (Fsp3) is 0.846. The van der Waals surface area contributed by atoms with Gasteiger partial charge >= 0.3 is 0 Å². The van der Waals surface area contributed by atoms with Crippen LogP contribution in [-0.4, -0.2) is 121 Å². The van der Waals surface area contributed by atoms with Crippen molar-refractivity contribution in [1.29, 1.82) is 0 Å². The van der Waals surface area contributed by atoms with Gasteiger partial charge in [-0.2, -0.15) is 0 Å². The number of nitrogens with one attached hydrogen (secondary N) is 1. The maximum absolute atomic E-state index is 15.9. The lowest BCUT2D eigenvalue weighted by molar-refractivity contribution is -0.214. The zero-order valence-corrected chi connectivity index (χ0v) is 21.6. The van der Waals surface area contributed by atoms with Gasteiger partial charge in [-0.3, -0.25) is 14.5 Å². The Kier molecular flexibility index (Phi) is 7.29. The minimum Gasteiger partial charge on any atom is -0.379 e. The highest BCUT2D eigenvalue weighted by atomic mass is 35.5. The molecule has 8 nitrogen and oxygen atoms in total. The monoisotopic (exact) mass is 524 g/mol. The fourth-order valence-electron chi connectivity index (χ4n) is 7.44. The van der Waals surface area contributed by atoms with E-state index in [4.69, 9.17) is 21.1 Å². The number of ether oxygens (including phenoxy) is 2. The van der Waals surface area contributed by atoms with Crippen LogP contribution in [0, 0.1) is 5.92 Å². The second-order valence-corrected chi connectivity index (χ2v) is 11.9. The maximum atomic E-state index is 15.9. The Morgan fingerprint density at radius 3 is 2.67 bits per heavy atom. The smallest absolute Gasteiger partial charge is 0.256 e. The van der Waals surface area contributed by atoms with Crippen molar-refractivity contribution in [2.24, 2.45) is 5.92 Å². The number of morpholine rings is 2. The summed E-state index contributed by atoms with van der Waals surface area (Å²) in [6.07, 6.45) is 4.91. The minimum atomic E-state index is -1.20. The van der Waals surface area contributed by atoms with Crippen LogP contribution in [0.25, 0.3) is 0 Å². The molecule has 4 aliphatic heterocycles. The molecule has 8 atom stereocenters. The second-order valence-electron chi connectivity index (χ2n) is 11.3. The Balaban J connectivity index is 1.27. The molecule has 0 radical (unpaired) electrons. The predicted molar refractivity (Wildman–Crippen MR) is 133 cm³/mol. The number of nitrogens with zero attached hydrogens (tertiary/aromatic N) is 3. The Labute approximate surface area is 217 Å². The first kappa shape index (κ1) is 25.0. The molecule has 2 aliphatic carbocycles. The molecule has 0 aromatic rings. The summed E-state index contributed by atoms with van der Waals surface area (Å²) in [4.78, 5) is 33.5. The molecular weight excluding hydrogens is 487 g/mol. The quantitative estimate of drug-likeness (QED) is 0.429. The Bertz CT molecular complexity index is 880. The molecule has 6 rings (SSSR count). The standard InChI is InChI=1S/C26H38ClFN4O4/c27-16-3-4-20-21(13-16)36-25-22-17(14-19(28)23(25)31-9-11-35-12-10-31)24(33)18(15-32(20)22)26(34)29-5-8-30-6-1-2-7-30/h15-17,19-23,25H,1-14H2,(H,29,34). The number of likely N-dealkylation sites (tertiary alicyclic amines) is 1. The zero-order chi connectivity index (χ0) is 24.8. The molecule has 200 valence electrons. The number of amides is 1. The first-order valence-electron chi connectivity index (χ1n) is 13.8. The molecule has 0 bridgehead atoms. The predicted octanol–water partition coefficient (Wildman–Crippen LogP) is 1.32. The largest absolute Gasteiger partial charge is 0.379 e. The van der Waals surface area contributed by atoms with Crippen molar-refractivity contribution in [2.45, 2.75) is 80.4 Å². The van der Waals surface area contributed by atoms with E-state index < -0.39 is 24.2 Å². The minimum absolute atomic E-state index is 0.0222. The summed E-state index contributed by atoms with van der Waals surface area (Å²) >= 11 is 6.54. The maximum Gasteiger partial charge on any atom is 0.256 e. The lowest BCUT2D eigenvalue weighted by Gasteiger charge is -2.60. The molecule has 36 heavy (non-hydrogen) atoms. The van der Waals surface area contributed by atoms with Crippen LogP contribution in [0.1, 0.15) is 38.5 Å². The van der Waals surface area contributed by atoms with Crippen molar-refractivity contribution in [1.82, 2.24) is 20.0 Å². The summed E-state index contributed by atoms with van der Waals surface area (Å²) in [5.41, 5.74) is 0.169. The van der Waals surface area contributed by atoms with Crippen LogP contribution in [-0.2, 0) is 19.1 Å². The summed E-state index contributed by atoms with van der Waals surface area (Å²) in [6.45, 7) is 5.87. The van der Waals surface area contributed by atoms with E-state index in [0.717, 1.165) is 32.5 Å². The van der Waals surface area contributed by atoms with Crippen LogP contribution < -0.4 is 5.32 Å². The lowest BCUT2D eigenvalue weighted by Crippen LogP contribution is -2.73. The fourth-order valence-corrected chi connectivity index (χ4v) is 7.74. The molecule has 2 saturated carbocycles. The van der Waals surface area contributed by atoms with Gasteiger partial charge in [-0.25, -0.2) is 4.39 Å². The molecule has 1 amide bonds. The van der Waals surface area contributed by atoms with Crippen molar-refractivity contribution in [3.05, 3.63) is 11.8 Å². The van der Waals surface area contributed by atoms with E-state index in [1.54, 1.807) is 6.20 Å². The van der Waals surface area contributed by atoms with Gasteiger partial charge in [-0.1, -0.05) is 0 Å². The number of carbonyl (C=O) groups is 2. The zero-order valence-electron chi connectivity index (χ0n) is 20.8. The lowest BCUT2D eigenvalue weighted by atomic mass is 9.69. The SMILES string of the molecule is O=C(NCCN1CCCC1)C1=CN2C3CCC(Cl)CC3OC3C(N4CCOCC4)C(F)CC(C1=O)C32. The molecule has 4 heterocycles. The van der Waals surface area contributed by atoms with Gasteiger partial charge in [-0.05, 0) is 51.6 Å². The summed E-state index contributed by atoms with van der Waals surface area (Å²) in [5, 5.41) is 2.99. The summed E-state index contributed by atoms with van der Waals surface area (Å²) in [7, 11) is 0. The molecular formula is C26H38ClFN4O4. The summed E-state index contributed by atoms with van der Waals surface area (Å²) < 4.78 is 28.1. The molecule has 0 aromatic heterocycles. The number of halogens is 2. The number of hydrogen-bond acceptors (Lipinski definition) is 7. The third kappa shape index (κ3) is 4.59. The number of Topliss-reactive ketones (excluding diaryl/α,β-unsaturated/α-hetero) is 1. The molecule has 8 unspecified atom stereocenters. The van der Waals surface area contributed by atoms with Crippen molar-refractivity contribution in [3.63, 3.8) is 0 Å². The van der Waals surface area contributed by atoms with Gasteiger partial charge in [0.05, 0.1) is 49.1 Å². The number of fused-ring (bicyclic) bond motifs is 2. The van der Waals surface area contributed by atoms with Crippen LogP contribution >= 0.6 is 11.6 Å². The van der Waals surface area contributed by atoms with E-state index in [9.17, 15) is 9.59 Å². The molecule has 6 aliphatic rings. The normalized spacial score (nSPS) is 41.4. The number of carbonyl (C=O) groups excluding carboxylic acids is 2. The van der Waals surface area contributed by atoms with Gasteiger partial charge in [0.1, 0.15) is 6.17 Å². The van der Waals surface area contributed by atoms with Gasteiger partial charge in [0.2, 0.25) is 0 Å². The molecule has 1 N–H and O–H groups in total. The average Bonchev–Trinajstić information content (AvgIpc) is 3.39. The van der Waals surface area contributed by atoms with Crippen molar-refractivity contribution in [3.8, 4) is 0 Å². The van der Waals surface area contributed by atoms with Crippen LogP contribution in [0.3, 0.4) is 0 Å². The number of ketones is 1. The molecule has 10 heteroatoms. The van der Waals surface area contributed by atoms with E-state index in [-0.39, 0.29) is 47.2 Å². The number of rotatable bonds is 5. The third-order valence-electron chi connectivity index (χ3n) is 9.19. The molecule has 5 fully saturated rings. The first-order chi connectivity index (χ1) is 17.5. The highest BCUT2D eigenvalue weighted by Gasteiger charge is 2.59. The molecule has 0 aromatic carbocycles. The topological polar surface area (TPSA) is 74.3 Å². The highest BCUT2D eigenvalue weighted by molar-refractivity contribution is 6.21. The average molecular weight is 525 g/mol. The van der Waals surface area contributed by atoms with E-state index in [1.807, 2.05) is 0 Å². The van der Waals surface area contributed by atoms with E-state index in [2.05, 4.69) is 20.0 Å². The van der Waals surface area contributed by atoms with Crippen LogP contribution in [0.2, 0.25) is 0 Å². The second kappa shape index (κ2) is 10.5. The van der Waals surface area contributed by atoms with Crippen molar-refractivity contribution < 1.29 is 23.5 Å². The molecule has 3 saturated heterocycles. The number of alkyl halides is 2. The Morgan fingerprint density at radius 1 is 1.11 bits per heavy atom. The van der Waals surface area contributed by atoms with Crippen molar-refractivity contribution >= 4 is 23.3 Å². The first-order valence-corrected chi connectivity index (χ1v) is 14.2. The van der Waals surface area contributed by atoms with Gasteiger partial charge in [0.25, 0.3) is 5.91 Å². The summed E-state index contributed by atoms with van der Waals surface area (Å²) in [6, 6.07) is -0.635.